The van der Waals surface area contributed by atoms with Crippen LogP contribution in [0.3, 0.4) is 0 Å². The molecule has 0 radical (unpaired) electrons. The van der Waals surface area contributed by atoms with Gasteiger partial charge in [-0.25, -0.2) is 4.98 Å². The number of oxazole rings is 1. The molecule has 0 bridgehead atoms. The fraction of sp³-hybridized carbons (Fsp3) is 0.238. The number of hydrogen-bond acceptors (Lipinski definition) is 3. The number of hydrogen-bond donors (Lipinski definition) is 0. The van der Waals surface area contributed by atoms with Gasteiger partial charge in [-0.15, -0.1) is 0 Å². The maximum atomic E-state index is 12.4. The summed E-state index contributed by atoms with van der Waals surface area (Å²) < 4.78 is 5.77. The minimum Gasteiger partial charge on any atom is -0.441 e. The largest absolute Gasteiger partial charge is 0.441 e. The summed E-state index contributed by atoms with van der Waals surface area (Å²) in [6.45, 7) is 2.46. The molecule has 0 fully saturated rings. The van der Waals surface area contributed by atoms with Crippen molar-refractivity contribution >= 4 is 29.1 Å². The van der Waals surface area contributed by atoms with E-state index >= 15 is 0 Å². The Bertz CT molecular complexity index is 936. The van der Waals surface area contributed by atoms with E-state index in [9.17, 15) is 4.79 Å². The summed E-state index contributed by atoms with van der Waals surface area (Å²) in [7, 11) is 1.75. The van der Waals surface area contributed by atoms with Gasteiger partial charge in [0.1, 0.15) is 0 Å². The van der Waals surface area contributed by atoms with Crippen molar-refractivity contribution in [2.45, 2.75) is 26.3 Å². The van der Waals surface area contributed by atoms with Crippen molar-refractivity contribution in [1.29, 1.82) is 0 Å². The zero-order valence-corrected chi connectivity index (χ0v) is 16.7. The lowest BCUT2D eigenvalue weighted by atomic mass is 10.1. The number of aromatic nitrogens is 1. The summed E-state index contributed by atoms with van der Waals surface area (Å²) in [5.41, 5.74) is 3.02. The highest BCUT2D eigenvalue weighted by Crippen LogP contribution is 2.23. The second-order valence-corrected chi connectivity index (χ2v) is 7.31. The molecule has 140 valence electrons. The quantitative estimate of drug-likeness (QED) is 0.542. The van der Waals surface area contributed by atoms with Gasteiger partial charge in [-0.2, -0.15) is 0 Å². The molecule has 3 aromatic rings. The normalized spacial score (nSPS) is 10.8. The fourth-order valence-corrected chi connectivity index (χ4v) is 3.14. The molecule has 0 N–H and O–H groups in total. The average Bonchev–Trinajstić information content (AvgIpc) is 3.11. The van der Waals surface area contributed by atoms with Crippen LogP contribution < -0.4 is 0 Å². The molecule has 0 saturated heterocycles. The molecular formula is C21H20Cl2N2O2. The monoisotopic (exact) mass is 402 g/mol. The molecule has 3 rings (SSSR count). The van der Waals surface area contributed by atoms with Gasteiger partial charge in [0.05, 0.1) is 6.20 Å². The SMILES string of the molecule is Cc1ccc(-c2cnc(CCC(=O)N(C)Cc3ccc(Cl)cc3Cl)o2)cc1. The molecule has 0 aliphatic rings. The Labute approximate surface area is 168 Å². The van der Waals surface area contributed by atoms with E-state index in [4.69, 9.17) is 27.6 Å². The highest BCUT2D eigenvalue weighted by atomic mass is 35.5. The van der Waals surface area contributed by atoms with Crippen LogP contribution in [0, 0.1) is 6.92 Å². The van der Waals surface area contributed by atoms with Gasteiger partial charge in [0.2, 0.25) is 5.91 Å². The van der Waals surface area contributed by atoms with E-state index in [2.05, 4.69) is 4.98 Å². The van der Waals surface area contributed by atoms with E-state index in [1.807, 2.05) is 37.3 Å². The Morgan fingerprint density at radius 2 is 1.89 bits per heavy atom. The van der Waals surface area contributed by atoms with Crippen LogP contribution in [0.1, 0.15) is 23.4 Å². The van der Waals surface area contributed by atoms with Gasteiger partial charge in [-0.3, -0.25) is 4.79 Å². The first-order chi connectivity index (χ1) is 12.9. The van der Waals surface area contributed by atoms with E-state index in [-0.39, 0.29) is 5.91 Å². The van der Waals surface area contributed by atoms with Gasteiger partial charge in [-0.05, 0) is 24.6 Å². The van der Waals surface area contributed by atoms with Gasteiger partial charge >= 0.3 is 0 Å². The highest BCUT2D eigenvalue weighted by Gasteiger charge is 2.14. The van der Waals surface area contributed by atoms with Gasteiger partial charge in [-0.1, -0.05) is 59.1 Å². The smallest absolute Gasteiger partial charge is 0.223 e. The number of rotatable bonds is 6. The van der Waals surface area contributed by atoms with Gasteiger partial charge in [0, 0.05) is 42.0 Å². The predicted molar refractivity (Wildman–Crippen MR) is 108 cm³/mol. The summed E-state index contributed by atoms with van der Waals surface area (Å²) in [6, 6.07) is 13.3. The second-order valence-electron chi connectivity index (χ2n) is 6.47. The molecule has 0 aliphatic heterocycles. The van der Waals surface area contributed by atoms with Crippen molar-refractivity contribution in [3.63, 3.8) is 0 Å². The minimum absolute atomic E-state index is 0.00361. The molecule has 0 spiro atoms. The average molecular weight is 403 g/mol. The Hall–Kier alpha value is -2.30. The molecule has 0 aliphatic carbocycles. The van der Waals surface area contributed by atoms with Crippen LogP contribution in [-0.4, -0.2) is 22.8 Å². The first kappa shape index (κ1) is 19.5. The number of benzene rings is 2. The van der Waals surface area contributed by atoms with E-state index < -0.39 is 0 Å². The molecule has 6 heteroatoms. The third-order valence-corrected chi connectivity index (χ3v) is 4.88. The summed E-state index contributed by atoms with van der Waals surface area (Å²) >= 11 is 12.1. The maximum absolute atomic E-state index is 12.4. The highest BCUT2D eigenvalue weighted by molar-refractivity contribution is 6.35. The zero-order valence-electron chi connectivity index (χ0n) is 15.2. The maximum Gasteiger partial charge on any atom is 0.223 e. The number of carbonyl (C=O) groups is 1. The van der Waals surface area contributed by atoms with Crippen LogP contribution in [-0.2, 0) is 17.8 Å². The van der Waals surface area contributed by atoms with Gasteiger partial charge in [0.15, 0.2) is 11.7 Å². The van der Waals surface area contributed by atoms with Gasteiger partial charge < -0.3 is 9.32 Å². The van der Waals surface area contributed by atoms with E-state index in [1.54, 1.807) is 30.3 Å². The molecule has 0 saturated carbocycles. The van der Waals surface area contributed by atoms with Crippen LogP contribution in [0.15, 0.2) is 53.1 Å². The first-order valence-corrected chi connectivity index (χ1v) is 9.37. The van der Waals surface area contributed by atoms with Crippen molar-refractivity contribution < 1.29 is 9.21 Å². The molecule has 1 heterocycles. The van der Waals surface area contributed by atoms with E-state index in [0.717, 1.165) is 11.1 Å². The zero-order chi connectivity index (χ0) is 19.4. The number of halogens is 2. The van der Waals surface area contributed by atoms with Crippen LogP contribution in [0.5, 0.6) is 0 Å². The Kier molecular flexibility index (Phi) is 6.19. The fourth-order valence-electron chi connectivity index (χ4n) is 2.68. The minimum atomic E-state index is -0.00361. The lowest BCUT2D eigenvalue weighted by molar-refractivity contribution is -0.130. The molecule has 1 aromatic heterocycles. The molecule has 2 aromatic carbocycles. The van der Waals surface area contributed by atoms with Crippen molar-refractivity contribution in [2.75, 3.05) is 7.05 Å². The standard InChI is InChI=1S/C21H20Cl2N2O2/c1-14-3-5-15(6-4-14)19-12-24-20(27-19)9-10-21(26)25(2)13-16-7-8-17(22)11-18(16)23/h3-8,11-12H,9-10,13H2,1-2H3. The van der Waals surface area contributed by atoms with Crippen LogP contribution in [0.4, 0.5) is 0 Å². The molecule has 4 nitrogen and oxygen atoms in total. The summed E-state index contributed by atoms with van der Waals surface area (Å²) in [6.07, 6.45) is 2.46. The van der Waals surface area contributed by atoms with Crippen molar-refractivity contribution in [2.24, 2.45) is 0 Å². The van der Waals surface area contributed by atoms with Crippen molar-refractivity contribution in [1.82, 2.24) is 9.88 Å². The summed E-state index contributed by atoms with van der Waals surface area (Å²) in [5, 5.41) is 1.13. The molecule has 0 atom stereocenters. The Morgan fingerprint density at radius 3 is 2.59 bits per heavy atom. The number of nitrogens with zero attached hydrogens (tertiary/aromatic N) is 2. The number of amides is 1. The summed E-state index contributed by atoms with van der Waals surface area (Å²) in [4.78, 5) is 18.3. The van der Waals surface area contributed by atoms with Crippen molar-refractivity contribution in [3.05, 3.63) is 75.7 Å². The third kappa shape index (κ3) is 5.12. The lowest BCUT2D eigenvalue weighted by Crippen LogP contribution is -2.26. The van der Waals surface area contributed by atoms with Crippen LogP contribution >= 0.6 is 23.2 Å². The predicted octanol–water partition coefficient (Wildman–Crippen LogP) is 5.55. The topological polar surface area (TPSA) is 46.3 Å². The Morgan fingerprint density at radius 1 is 1.15 bits per heavy atom. The second kappa shape index (κ2) is 8.59. The molecule has 27 heavy (non-hydrogen) atoms. The van der Waals surface area contributed by atoms with E-state index in [1.165, 1.54) is 5.56 Å². The molecule has 1 amide bonds. The molecular weight excluding hydrogens is 383 g/mol. The van der Waals surface area contributed by atoms with Crippen LogP contribution in [0.2, 0.25) is 10.0 Å². The lowest BCUT2D eigenvalue weighted by Gasteiger charge is -2.17. The van der Waals surface area contributed by atoms with E-state index in [0.29, 0.717) is 41.1 Å². The van der Waals surface area contributed by atoms with Crippen LogP contribution in [0.25, 0.3) is 11.3 Å². The molecule has 0 unspecified atom stereocenters. The third-order valence-electron chi connectivity index (χ3n) is 4.29. The first-order valence-electron chi connectivity index (χ1n) is 8.62. The number of carbonyl (C=O) groups excluding carboxylic acids is 1. The van der Waals surface area contributed by atoms with Crippen molar-refractivity contribution in [3.8, 4) is 11.3 Å². The number of aryl methyl sites for hydroxylation is 2. The van der Waals surface area contributed by atoms with Gasteiger partial charge in [0.25, 0.3) is 0 Å². The Balaban J connectivity index is 1.56. The summed E-state index contributed by atoms with van der Waals surface area (Å²) in [5.74, 6) is 1.26.